The van der Waals surface area contributed by atoms with E-state index in [2.05, 4.69) is 0 Å². The van der Waals surface area contributed by atoms with Gasteiger partial charge in [0.2, 0.25) is 0 Å². The van der Waals surface area contributed by atoms with Gasteiger partial charge < -0.3 is 25.2 Å². The Kier molecular flexibility index (Phi) is 7.12. The van der Waals surface area contributed by atoms with E-state index in [0.717, 1.165) is 6.54 Å². The zero-order valence-electron chi connectivity index (χ0n) is 8.56. The molecule has 0 aliphatic carbocycles. The van der Waals surface area contributed by atoms with Crippen molar-refractivity contribution in [1.82, 2.24) is 4.90 Å². The Bertz CT molecular complexity index is 122. The van der Waals surface area contributed by atoms with E-state index >= 15 is 0 Å². The Morgan fingerprint density at radius 3 is 2.54 bits per heavy atom. The van der Waals surface area contributed by atoms with Gasteiger partial charge in [-0.05, 0) is 21.0 Å². The van der Waals surface area contributed by atoms with E-state index in [1.807, 2.05) is 19.0 Å². The van der Waals surface area contributed by atoms with E-state index < -0.39 is 12.6 Å². The minimum atomic E-state index is -0.936. The largest absolute Gasteiger partial charge is 0.367 e. The number of nitrogens with zero attached hydrogens (tertiary/aromatic N) is 1. The van der Waals surface area contributed by atoms with Crippen molar-refractivity contribution in [1.29, 1.82) is 0 Å². The van der Waals surface area contributed by atoms with Crippen molar-refractivity contribution < 1.29 is 14.6 Å². The molecule has 0 spiro atoms. The molecule has 0 aromatic carbocycles. The molecule has 2 atom stereocenters. The Hall–Kier alpha value is -0.200. The molecule has 2 unspecified atom stereocenters. The number of aliphatic hydroxyl groups is 1. The summed E-state index contributed by atoms with van der Waals surface area (Å²) in [5.41, 5.74) is 5.16. The number of aliphatic hydroxyl groups excluding tert-OH is 1. The summed E-state index contributed by atoms with van der Waals surface area (Å²) in [6, 6.07) is 0. The first-order chi connectivity index (χ1) is 6.06. The van der Waals surface area contributed by atoms with Gasteiger partial charge in [0.1, 0.15) is 0 Å². The van der Waals surface area contributed by atoms with Gasteiger partial charge in [-0.2, -0.15) is 0 Å². The fourth-order valence-electron chi connectivity index (χ4n) is 0.717. The molecule has 13 heavy (non-hydrogen) atoms. The molecule has 5 heteroatoms. The molecule has 0 amide bonds. The number of likely N-dealkylation sites (N-methyl/N-ethyl adjacent to an activating group) is 1. The maximum absolute atomic E-state index is 9.00. The molecule has 0 aliphatic heterocycles. The van der Waals surface area contributed by atoms with Crippen LogP contribution in [0.1, 0.15) is 6.92 Å². The minimum absolute atomic E-state index is 0.0847. The second kappa shape index (κ2) is 7.23. The van der Waals surface area contributed by atoms with Crippen LogP contribution < -0.4 is 5.73 Å². The second-order valence-corrected chi connectivity index (χ2v) is 3.07. The highest BCUT2D eigenvalue weighted by Crippen LogP contribution is 1.96. The number of ether oxygens (including phenoxy) is 2. The van der Waals surface area contributed by atoms with Crippen molar-refractivity contribution in [3.8, 4) is 0 Å². The fourth-order valence-corrected chi connectivity index (χ4v) is 0.717. The third-order valence-electron chi connectivity index (χ3n) is 1.44. The fraction of sp³-hybridized carbons (Fsp3) is 1.00. The lowest BCUT2D eigenvalue weighted by molar-refractivity contribution is -0.216. The molecular formula is C8H20N2O3. The van der Waals surface area contributed by atoms with Crippen LogP contribution in [0.4, 0.5) is 0 Å². The summed E-state index contributed by atoms with van der Waals surface area (Å²) >= 11 is 0. The Morgan fingerprint density at radius 2 is 2.08 bits per heavy atom. The molecular weight excluding hydrogens is 172 g/mol. The van der Waals surface area contributed by atoms with Gasteiger partial charge in [-0.3, -0.25) is 0 Å². The summed E-state index contributed by atoms with van der Waals surface area (Å²) in [4.78, 5) is 2.01. The predicted octanol–water partition coefficient (Wildman–Crippen LogP) is -0.796. The SMILES string of the molecule is CC(OCCN(C)C)OC(O)CN. The molecule has 0 saturated carbocycles. The number of rotatable bonds is 7. The topological polar surface area (TPSA) is 68.0 Å². The molecule has 0 aromatic heterocycles. The normalized spacial score (nSPS) is 16.2. The van der Waals surface area contributed by atoms with Crippen LogP contribution in [-0.2, 0) is 9.47 Å². The van der Waals surface area contributed by atoms with Crippen LogP contribution >= 0.6 is 0 Å². The highest BCUT2D eigenvalue weighted by Gasteiger charge is 2.07. The van der Waals surface area contributed by atoms with Crippen molar-refractivity contribution >= 4 is 0 Å². The van der Waals surface area contributed by atoms with Gasteiger partial charge in [-0.1, -0.05) is 0 Å². The van der Waals surface area contributed by atoms with E-state index in [9.17, 15) is 0 Å². The molecule has 0 saturated heterocycles. The molecule has 0 rings (SSSR count). The van der Waals surface area contributed by atoms with Crippen LogP contribution in [0.5, 0.6) is 0 Å². The van der Waals surface area contributed by atoms with Crippen LogP contribution in [0.2, 0.25) is 0 Å². The Labute approximate surface area is 79.4 Å². The number of hydrogen-bond acceptors (Lipinski definition) is 5. The van der Waals surface area contributed by atoms with E-state index in [-0.39, 0.29) is 6.54 Å². The third kappa shape index (κ3) is 8.14. The van der Waals surface area contributed by atoms with Gasteiger partial charge in [0.25, 0.3) is 0 Å². The molecule has 0 fully saturated rings. The molecule has 5 nitrogen and oxygen atoms in total. The molecule has 0 bridgehead atoms. The van der Waals surface area contributed by atoms with Crippen molar-refractivity contribution in [3.05, 3.63) is 0 Å². The van der Waals surface area contributed by atoms with Crippen LogP contribution in [-0.4, -0.2) is 56.4 Å². The smallest absolute Gasteiger partial charge is 0.169 e. The molecule has 0 heterocycles. The summed E-state index contributed by atoms with van der Waals surface area (Å²) in [7, 11) is 3.92. The van der Waals surface area contributed by atoms with Gasteiger partial charge >= 0.3 is 0 Å². The monoisotopic (exact) mass is 192 g/mol. The van der Waals surface area contributed by atoms with Gasteiger partial charge in [-0.25, -0.2) is 0 Å². The van der Waals surface area contributed by atoms with Crippen LogP contribution in [0, 0.1) is 0 Å². The highest BCUT2D eigenvalue weighted by atomic mass is 16.7. The van der Waals surface area contributed by atoms with Crippen LogP contribution in [0.15, 0.2) is 0 Å². The maximum atomic E-state index is 9.00. The average Bonchev–Trinajstić information content (AvgIpc) is 2.03. The standard InChI is InChI=1S/C8H20N2O3/c1-7(13-8(11)6-9)12-5-4-10(2)3/h7-8,11H,4-6,9H2,1-3H3. The maximum Gasteiger partial charge on any atom is 0.169 e. The van der Waals surface area contributed by atoms with Gasteiger partial charge in [0.05, 0.1) is 6.61 Å². The lowest BCUT2D eigenvalue weighted by Gasteiger charge is -2.18. The first-order valence-electron chi connectivity index (χ1n) is 4.36. The summed E-state index contributed by atoms with van der Waals surface area (Å²) in [6.45, 7) is 3.22. The van der Waals surface area contributed by atoms with E-state index in [0.29, 0.717) is 6.61 Å². The Morgan fingerprint density at radius 1 is 1.46 bits per heavy atom. The van der Waals surface area contributed by atoms with Crippen LogP contribution in [0.3, 0.4) is 0 Å². The zero-order chi connectivity index (χ0) is 10.3. The third-order valence-corrected chi connectivity index (χ3v) is 1.44. The summed E-state index contributed by atoms with van der Waals surface area (Å²) in [6.07, 6.45) is -1.35. The molecule has 0 aromatic rings. The molecule has 0 aliphatic rings. The van der Waals surface area contributed by atoms with Gasteiger partial charge in [-0.15, -0.1) is 0 Å². The van der Waals surface area contributed by atoms with E-state index in [1.165, 1.54) is 0 Å². The Balaban J connectivity index is 3.34. The van der Waals surface area contributed by atoms with Crippen molar-refractivity contribution in [2.75, 3.05) is 33.8 Å². The molecule has 3 N–H and O–H groups in total. The van der Waals surface area contributed by atoms with Crippen molar-refractivity contribution in [2.45, 2.75) is 19.5 Å². The quantitative estimate of drug-likeness (QED) is 0.517. The van der Waals surface area contributed by atoms with Crippen molar-refractivity contribution in [3.63, 3.8) is 0 Å². The van der Waals surface area contributed by atoms with Gasteiger partial charge in [0.15, 0.2) is 12.6 Å². The highest BCUT2D eigenvalue weighted by molar-refractivity contribution is 4.44. The first-order valence-corrected chi connectivity index (χ1v) is 4.36. The lowest BCUT2D eigenvalue weighted by Crippen LogP contribution is -2.30. The molecule has 0 radical (unpaired) electrons. The lowest BCUT2D eigenvalue weighted by atomic mass is 10.6. The molecule has 80 valence electrons. The summed E-state index contributed by atoms with van der Waals surface area (Å²) < 4.78 is 10.2. The van der Waals surface area contributed by atoms with Gasteiger partial charge in [0, 0.05) is 13.1 Å². The number of hydrogen-bond donors (Lipinski definition) is 2. The second-order valence-electron chi connectivity index (χ2n) is 3.07. The zero-order valence-corrected chi connectivity index (χ0v) is 8.56. The summed E-state index contributed by atoms with van der Waals surface area (Å²) in [5.74, 6) is 0. The minimum Gasteiger partial charge on any atom is -0.367 e. The van der Waals surface area contributed by atoms with Crippen LogP contribution in [0.25, 0.3) is 0 Å². The van der Waals surface area contributed by atoms with E-state index in [4.69, 9.17) is 20.3 Å². The van der Waals surface area contributed by atoms with E-state index in [1.54, 1.807) is 6.92 Å². The average molecular weight is 192 g/mol. The number of nitrogens with two attached hydrogens (primary N) is 1. The van der Waals surface area contributed by atoms with Crippen molar-refractivity contribution in [2.24, 2.45) is 5.73 Å². The first kappa shape index (κ1) is 12.8. The predicted molar refractivity (Wildman–Crippen MR) is 50.1 cm³/mol. The summed E-state index contributed by atoms with van der Waals surface area (Å²) in [5, 5.41) is 9.00.